The number of nitriles is 1. The first-order valence-corrected chi connectivity index (χ1v) is 5.40. The number of ether oxygens (including phenoxy) is 1. The summed E-state index contributed by atoms with van der Waals surface area (Å²) in [5, 5.41) is 8.64. The number of hydrogen-bond acceptors (Lipinski definition) is 4. The van der Waals surface area contributed by atoms with Gasteiger partial charge < -0.3 is 4.74 Å². The van der Waals surface area contributed by atoms with Gasteiger partial charge in [0.05, 0.1) is 24.7 Å². The Hall–Kier alpha value is -1.74. The maximum atomic E-state index is 12.8. The van der Waals surface area contributed by atoms with Crippen molar-refractivity contribution in [1.29, 1.82) is 5.26 Å². The van der Waals surface area contributed by atoms with E-state index in [-0.39, 0.29) is 22.9 Å². The zero-order valence-electron chi connectivity index (χ0n) is 9.41. The van der Waals surface area contributed by atoms with Crippen molar-refractivity contribution in [3.63, 3.8) is 0 Å². The van der Waals surface area contributed by atoms with Gasteiger partial charge in [0, 0.05) is 5.56 Å². The summed E-state index contributed by atoms with van der Waals surface area (Å²) in [6.45, 7) is 1.73. The first-order chi connectivity index (χ1) is 8.49. The maximum Gasteiger partial charge on any atom is 0.310 e. The lowest BCUT2D eigenvalue weighted by atomic mass is 10.0. The van der Waals surface area contributed by atoms with Gasteiger partial charge in [0.25, 0.3) is 6.43 Å². The molecule has 1 rings (SSSR count). The van der Waals surface area contributed by atoms with Gasteiger partial charge in [0.1, 0.15) is 10.8 Å². The molecule has 96 valence electrons. The first-order valence-electron chi connectivity index (χ1n) is 5.02. The third-order valence-electron chi connectivity index (χ3n) is 2.08. The number of halogens is 3. The smallest absolute Gasteiger partial charge is 0.310 e. The monoisotopic (exact) mass is 274 g/mol. The van der Waals surface area contributed by atoms with E-state index in [0.29, 0.717) is 0 Å². The van der Waals surface area contributed by atoms with Crippen molar-refractivity contribution in [1.82, 2.24) is 4.98 Å². The van der Waals surface area contributed by atoms with Crippen LogP contribution in [0.25, 0.3) is 0 Å². The quantitative estimate of drug-likeness (QED) is 0.625. The van der Waals surface area contributed by atoms with Crippen molar-refractivity contribution in [2.45, 2.75) is 19.8 Å². The van der Waals surface area contributed by atoms with E-state index >= 15 is 0 Å². The van der Waals surface area contributed by atoms with Crippen LogP contribution in [-0.2, 0) is 16.0 Å². The minimum absolute atomic E-state index is 0.0987. The number of carbonyl (C=O) groups excluding carboxylic acids is 1. The highest BCUT2D eigenvalue weighted by molar-refractivity contribution is 6.29. The molecule has 1 aromatic rings. The van der Waals surface area contributed by atoms with E-state index in [1.54, 1.807) is 13.0 Å². The van der Waals surface area contributed by atoms with Crippen molar-refractivity contribution in [2.24, 2.45) is 0 Å². The van der Waals surface area contributed by atoms with Gasteiger partial charge in [-0.05, 0) is 13.0 Å². The molecule has 1 aromatic heterocycles. The molecule has 4 nitrogen and oxygen atoms in total. The second-order valence-electron chi connectivity index (χ2n) is 3.25. The summed E-state index contributed by atoms with van der Waals surface area (Å²) in [4.78, 5) is 14.8. The molecule has 0 radical (unpaired) electrons. The van der Waals surface area contributed by atoms with Gasteiger partial charge in [0.2, 0.25) is 0 Å². The first kappa shape index (κ1) is 14.3. The number of pyridine rings is 1. The molecule has 0 bridgehead atoms. The molecule has 18 heavy (non-hydrogen) atoms. The van der Waals surface area contributed by atoms with Crippen molar-refractivity contribution < 1.29 is 18.3 Å². The molecule has 0 fully saturated rings. The molecule has 0 aliphatic rings. The molecule has 0 aliphatic carbocycles. The van der Waals surface area contributed by atoms with Crippen LogP contribution in [0.2, 0.25) is 5.15 Å². The Bertz CT molecular complexity index is 501. The molecule has 0 atom stereocenters. The van der Waals surface area contributed by atoms with Gasteiger partial charge in [-0.2, -0.15) is 5.26 Å². The maximum absolute atomic E-state index is 12.8. The second kappa shape index (κ2) is 6.26. The Labute approximate surface area is 107 Å². The molecule has 1 heterocycles. The lowest BCUT2D eigenvalue weighted by Crippen LogP contribution is -2.12. The molecule has 0 unspecified atom stereocenters. The average molecular weight is 275 g/mol. The Morgan fingerprint density at radius 1 is 1.67 bits per heavy atom. The predicted octanol–water partition coefficient (Wildman–Crippen LogP) is 2.65. The highest BCUT2D eigenvalue weighted by Gasteiger charge is 2.22. The van der Waals surface area contributed by atoms with Crippen LogP contribution in [0, 0.1) is 11.3 Å². The number of aromatic nitrogens is 1. The third-order valence-corrected chi connectivity index (χ3v) is 2.27. The zero-order chi connectivity index (χ0) is 13.7. The molecule has 0 aliphatic heterocycles. The van der Waals surface area contributed by atoms with Crippen molar-refractivity contribution in [2.75, 3.05) is 6.61 Å². The topological polar surface area (TPSA) is 63.0 Å². The number of nitrogens with zero attached hydrogens (tertiary/aromatic N) is 2. The molecule has 0 amide bonds. The van der Waals surface area contributed by atoms with Crippen LogP contribution in [0.1, 0.15) is 30.2 Å². The molecular weight excluding hydrogens is 266 g/mol. The Morgan fingerprint density at radius 3 is 2.83 bits per heavy atom. The highest BCUT2D eigenvalue weighted by Crippen LogP contribution is 2.26. The van der Waals surface area contributed by atoms with E-state index in [0.717, 1.165) is 6.07 Å². The third kappa shape index (κ3) is 3.37. The summed E-state index contributed by atoms with van der Waals surface area (Å²) in [6.07, 6.45) is -3.35. The number of alkyl halides is 2. The molecule has 0 N–H and O–H groups in total. The standard InChI is InChI=1S/C11H9ClF2N2O2/c1-2-18-9(17)4-7-6(5-15)3-8(12)16-10(7)11(13)14/h3,11H,2,4H2,1H3. The lowest BCUT2D eigenvalue weighted by Gasteiger charge is -2.10. The van der Waals surface area contributed by atoms with Gasteiger partial charge in [-0.3, -0.25) is 4.79 Å². The summed E-state index contributed by atoms with van der Waals surface area (Å²) in [7, 11) is 0. The van der Waals surface area contributed by atoms with E-state index < -0.39 is 24.5 Å². The van der Waals surface area contributed by atoms with Crippen LogP contribution in [-0.4, -0.2) is 17.6 Å². The molecule has 0 saturated carbocycles. The molecule has 0 saturated heterocycles. The van der Waals surface area contributed by atoms with E-state index in [1.165, 1.54) is 0 Å². The summed E-state index contributed by atoms with van der Waals surface area (Å²) in [6, 6.07) is 2.85. The lowest BCUT2D eigenvalue weighted by molar-refractivity contribution is -0.142. The number of esters is 1. The summed E-state index contributed by atoms with van der Waals surface area (Å²) >= 11 is 5.53. The van der Waals surface area contributed by atoms with Gasteiger partial charge in [-0.15, -0.1) is 0 Å². The van der Waals surface area contributed by atoms with Crippen LogP contribution < -0.4 is 0 Å². The average Bonchev–Trinajstić information content (AvgIpc) is 2.30. The minimum atomic E-state index is -2.92. The highest BCUT2D eigenvalue weighted by atomic mass is 35.5. The minimum Gasteiger partial charge on any atom is -0.466 e. The van der Waals surface area contributed by atoms with Crippen molar-refractivity contribution in [3.8, 4) is 6.07 Å². The fourth-order valence-electron chi connectivity index (χ4n) is 1.38. The molecule has 0 spiro atoms. The van der Waals surface area contributed by atoms with E-state index in [9.17, 15) is 13.6 Å². The molecular formula is C11H9ClF2N2O2. The number of hydrogen-bond donors (Lipinski definition) is 0. The van der Waals surface area contributed by atoms with E-state index in [2.05, 4.69) is 9.72 Å². The normalized spacial score (nSPS) is 10.2. The van der Waals surface area contributed by atoms with Crippen LogP contribution in [0.5, 0.6) is 0 Å². The van der Waals surface area contributed by atoms with E-state index in [4.69, 9.17) is 16.9 Å². The van der Waals surface area contributed by atoms with Gasteiger partial charge in [0.15, 0.2) is 0 Å². The van der Waals surface area contributed by atoms with E-state index in [1.807, 2.05) is 0 Å². The van der Waals surface area contributed by atoms with Crippen LogP contribution in [0.15, 0.2) is 6.07 Å². The Morgan fingerprint density at radius 2 is 2.33 bits per heavy atom. The van der Waals surface area contributed by atoms with Crippen LogP contribution in [0.3, 0.4) is 0 Å². The summed E-state index contributed by atoms with van der Waals surface area (Å²) in [5.41, 5.74) is -0.902. The van der Waals surface area contributed by atoms with Gasteiger partial charge in [-0.25, -0.2) is 13.8 Å². The fourth-order valence-corrected chi connectivity index (χ4v) is 1.58. The fraction of sp³-hybridized carbons (Fsp3) is 0.364. The molecule has 7 heteroatoms. The number of carbonyl (C=O) groups is 1. The zero-order valence-corrected chi connectivity index (χ0v) is 10.2. The van der Waals surface area contributed by atoms with Crippen LogP contribution in [0.4, 0.5) is 8.78 Å². The predicted molar refractivity (Wildman–Crippen MR) is 59.3 cm³/mol. The van der Waals surface area contributed by atoms with Crippen molar-refractivity contribution in [3.05, 3.63) is 28.0 Å². The SMILES string of the molecule is CCOC(=O)Cc1c(C#N)cc(Cl)nc1C(F)F. The molecule has 0 aromatic carbocycles. The van der Waals surface area contributed by atoms with Crippen molar-refractivity contribution >= 4 is 17.6 Å². The summed E-state index contributed by atoms with van der Waals surface area (Å²) < 4.78 is 30.2. The summed E-state index contributed by atoms with van der Waals surface area (Å²) in [5.74, 6) is -0.694. The Balaban J connectivity index is 3.22. The van der Waals surface area contributed by atoms with Crippen LogP contribution >= 0.6 is 11.6 Å². The number of rotatable bonds is 4. The largest absolute Gasteiger partial charge is 0.466 e. The Kier molecular flexibility index (Phi) is 4.98. The van der Waals surface area contributed by atoms with Gasteiger partial charge >= 0.3 is 5.97 Å². The van der Waals surface area contributed by atoms with Gasteiger partial charge in [-0.1, -0.05) is 11.6 Å². The second-order valence-corrected chi connectivity index (χ2v) is 3.64.